The molecule has 0 saturated carbocycles. The molecule has 5 nitrogen and oxygen atoms in total. The van der Waals surface area contributed by atoms with Gasteiger partial charge in [0.25, 0.3) is 0 Å². The molecule has 2 aromatic rings. The Kier molecular flexibility index (Phi) is 5.31. The summed E-state index contributed by atoms with van der Waals surface area (Å²) in [6.45, 7) is -0.963. The zero-order valence-electron chi connectivity index (χ0n) is 12.8. The lowest BCUT2D eigenvalue weighted by atomic mass is 10.2. The van der Waals surface area contributed by atoms with E-state index in [9.17, 15) is 30.8 Å². The van der Waals surface area contributed by atoms with Gasteiger partial charge in [-0.25, -0.2) is 26.0 Å². The molecule has 0 radical (unpaired) electrons. The minimum absolute atomic E-state index is 0.216. The van der Waals surface area contributed by atoms with Crippen molar-refractivity contribution in [2.45, 2.75) is 0 Å². The topological polar surface area (TPSA) is 66.5 Å². The SMILES string of the molecule is CS(=O)(=O)N(CC(=O)Nc1ccccc1F)c1ccc(F)c(F)c1F. The van der Waals surface area contributed by atoms with Crippen LogP contribution in [0.15, 0.2) is 36.4 Å². The van der Waals surface area contributed by atoms with Crippen LogP contribution in [0.5, 0.6) is 0 Å². The fourth-order valence-corrected chi connectivity index (χ4v) is 2.82. The third kappa shape index (κ3) is 4.27. The molecule has 2 aromatic carbocycles. The highest BCUT2D eigenvalue weighted by molar-refractivity contribution is 7.92. The van der Waals surface area contributed by atoms with Gasteiger partial charge >= 0.3 is 0 Å². The van der Waals surface area contributed by atoms with Gasteiger partial charge in [0.05, 0.1) is 17.6 Å². The molecule has 0 aliphatic carbocycles. The van der Waals surface area contributed by atoms with E-state index in [1.54, 1.807) is 0 Å². The quantitative estimate of drug-likeness (QED) is 0.645. The maximum Gasteiger partial charge on any atom is 0.245 e. The minimum atomic E-state index is -4.22. The summed E-state index contributed by atoms with van der Waals surface area (Å²) in [5.41, 5.74) is -1.06. The van der Waals surface area contributed by atoms with Crippen molar-refractivity contribution < 1.29 is 30.8 Å². The molecule has 0 aliphatic rings. The molecule has 1 amide bonds. The first kappa shape index (κ1) is 18.7. The first-order valence-corrected chi connectivity index (χ1v) is 8.61. The molecule has 1 N–H and O–H groups in total. The average Bonchev–Trinajstić information content (AvgIpc) is 2.52. The van der Waals surface area contributed by atoms with Gasteiger partial charge in [0.2, 0.25) is 15.9 Å². The Hall–Kier alpha value is -2.62. The standard InChI is InChI=1S/C15H12F4N2O3S/c1-25(23,24)21(12-7-6-10(17)14(18)15(12)19)8-13(22)20-11-5-3-2-4-9(11)16/h2-7H,8H2,1H3,(H,20,22). The van der Waals surface area contributed by atoms with E-state index < -0.39 is 51.4 Å². The van der Waals surface area contributed by atoms with E-state index in [0.29, 0.717) is 18.4 Å². The van der Waals surface area contributed by atoms with Crippen LogP contribution in [0.4, 0.5) is 28.9 Å². The van der Waals surface area contributed by atoms with E-state index in [0.717, 1.165) is 6.07 Å². The van der Waals surface area contributed by atoms with Crippen molar-refractivity contribution in [3.63, 3.8) is 0 Å². The van der Waals surface area contributed by atoms with Crippen LogP contribution >= 0.6 is 0 Å². The second kappa shape index (κ2) is 7.09. The van der Waals surface area contributed by atoms with Gasteiger partial charge in [-0.3, -0.25) is 9.10 Å². The predicted octanol–water partition coefficient (Wildman–Crippen LogP) is 2.65. The summed E-state index contributed by atoms with van der Waals surface area (Å²) in [6.07, 6.45) is 0.657. The number of amides is 1. The fraction of sp³-hybridized carbons (Fsp3) is 0.133. The summed E-state index contributed by atoms with van der Waals surface area (Å²) in [4.78, 5) is 12.0. The lowest BCUT2D eigenvalue weighted by Gasteiger charge is -2.22. The van der Waals surface area contributed by atoms with Crippen molar-refractivity contribution in [3.05, 3.63) is 59.7 Å². The van der Waals surface area contributed by atoms with Crippen molar-refractivity contribution in [2.24, 2.45) is 0 Å². The van der Waals surface area contributed by atoms with Crippen LogP contribution in [0.3, 0.4) is 0 Å². The highest BCUT2D eigenvalue weighted by atomic mass is 32.2. The monoisotopic (exact) mass is 376 g/mol. The highest BCUT2D eigenvalue weighted by Crippen LogP contribution is 2.25. The van der Waals surface area contributed by atoms with Crippen molar-refractivity contribution in [1.82, 2.24) is 0 Å². The van der Waals surface area contributed by atoms with Crippen molar-refractivity contribution in [3.8, 4) is 0 Å². The van der Waals surface area contributed by atoms with Crippen molar-refractivity contribution in [1.29, 1.82) is 0 Å². The maximum absolute atomic E-state index is 13.9. The average molecular weight is 376 g/mol. The van der Waals surface area contributed by atoms with Gasteiger partial charge in [-0.05, 0) is 24.3 Å². The molecule has 0 spiro atoms. The van der Waals surface area contributed by atoms with Gasteiger partial charge in [-0.15, -0.1) is 0 Å². The molecule has 10 heteroatoms. The maximum atomic E-state index is 13.9. The summed E-state index contributed by atoms with van der Waals surface area (Å²) in [5, 5.41) is 2.12. The lowest BCUT2D eigenvalue weighted by Crippen LogP contribution is -2.38. The normalized spacial score (nSPS) is 11.2. The van der Waals surface area contributed by atoms with E-state index in [1.165, 1.54) is 18.2 Å². The Labute approximate surface area is 140 Å². The summed E-state index contributed by atoms with van der Waals surface area (Å²) in [6, 6.07) is 6.33. The Balaban J connectivity index is 2.33. The van der Waals surface area contributed by atoms with E-state index in [1.807, 2.05) is 0 Å². The zero-order chi connectivity index (χ0) is 18.8. The summed E-state index contributed by atoms with van der Waals surface area (Å²) in [7, 11) is -4.22. The number of halogens is 4. The Morgan fingerprint density at radius 2 is 1.64 bits per heavy atom. The van der Waals surface area contributed by atoms with Crippen LogP contribution in [0, 0.1) is 23.3 Å². The van der Waals surface area contributed by atoms with E-state index in [-0.39, 0.29) is 9.99 Å². The van der Waals surface area contributed by atoms with Crippen LogP contribution < -0.4 is 9.62 Å². The molecule has 134 valence electrons. The van der Waals surface area contributed by atoms with Crippen LogP contribution in [0.25, 0.3) is 0 Å². The van der Waals surface area contributed by atoms with Crippen LogP contribution in [-0.4, -0.2) is 27.1 Å². The number of para-hydroxylation sites is 1. The number of nitrogens with zero attached hydrogens (tertiary/aromatic N) is 1. The van der Waals surface area contributed by atoms with E-state index >= 15 is 0 Å². The molecule has 0 aliphatic heterocycles. The smallest absolute Gasteiger partial charge is 0.245 e. The molecule has 0 saturated heterocycles. The van der Waals surface area contributed by atoms with Gasteiger partial charge < -0.3 is 5.32 Å². The Bertz CT molecular complexity index is 919. The number of sulfonamides is 1. The molecular weight excluding hydrogens is 364 g/mol. The summed E-state index contributed by atoms with van der Waals surface area (Å²) < 4.78 is 77.6. The number of hydrogen-bond acceptors (Lipinski definition) is 3. The van der Waals surface area contributed by atoms with Gasteiger partial charge in [-0.1, -0.05) is 12.1 Å². The van der Waals surface area contributed by atoms with Crippen molar-refractivity contribution in [2.75, 3.05) is 22.4 Å². The largest absolute Gasteiger partial charge is 0.322 e. The number of rotatable bonds is 5. The van der Waals surface area contributed by atoms with Crippen LogP contribution in [0.1, 0.15) is 0 Å². The van der Waals surface area contributed by atoms with Gasteiger partial charge in [0.15, 0.2) is 17.5 Å². The molecular formula is C15H12F4N2O3S. The molecule has 0 fully saturated rings. The van der Waals surface area contributed by atoms with Gasteiger partial charge in [0.1, 0.15) is 12.4 Å². The molecule has 0 bridgehead atoms. The number of carbonyl (C=O) groups is 1. The third-order valence-electron chi connectivity index (χ3n) is 3.12. The number of hydrogen-bond donors (Lipinski definition) is 1. The van der Waals surface area contributed by atoms with Crippen molar-refractivity contribution >= 4 is 27.3 Å². The summed E-state index contributed by atoms with van der Waals surface area (Å²) >= 11 is 0. The molecule has 2 rings (SSSR count). The van der Waals surface area contributed by atoms with Crippen LogP contribution in [-0.2, 0) is 14.8 Å². The number of nitrogens with one attached hydrogen (secondary N) is 1. The Morgan fingerprint density at radius 1 is 1.00 bits per heavy atom. The second-order valence-electron chi connectivity index (χ2n) is 4.99. The Morgan fingerprint density at radius 3 is 2.24 bits per heavy atom. The summed E-state index contributed by atoms with van der Waals surface area (Å²) in [5.74, 6) is -6.91. The first-order chi connectivity index (χ1) is 11.6. The molecule has 0 heterocycles. The van der Waals surface area contributed by atoms with Gasteiger partial charge in [0, 0.05) is 0 Å². The number of carbonyl (C=O) groups excluding carboxylic acids is 1. The zero-order valence-corrected chi connectivity index (χ0v) is 13.6. The lowest BCUT2D eigenvalue weighted by molar-refractivity contribution is -0.114. The van der Waals surface area contributed by atoms with Gasteiger partial charge in [-0.2, -0.15) is 0 Å². The minimum Gasteiger partial charge on any atom is -0.322 e. The molecule has 25 heavy (non-hydrogen) atoms. The fourth-order valence-electron chi connectivity index (χ4n) is 1.97. The highest BCUT2D eigenvalue weighted by Gasteiger charge is 2.26. The first-order valence-electron chi connectivity index (χ1n) is 6.77. The number of benzene rings is 2. The molecule has 0 atom stereocenters. The molecule has 0 aromatic heterocycles. The number of anilines is 2. The third-order valence-corrected chi connectivity index (χ3v) is 4.25. The van der Waals surface area contributed by atoms with Crippen LogP contribution in [0.2, 0.25) is 0 Å². The predicted molar refractivity (Wildman–Crippen MR) is 83.5 cm³/mol. The van der Waals surface area contributed by atoms with E-state index in [2.05, 4.69) is 5.32 Å². The molecule has 0 unspecified atom stereocenters. The second-order valence-corrected chi connectivity index (χ2v) is 6.90. The van der Waals surface area contributed by atoms with E-state index in [4.69, 9.17) is 0 Å².